The lowest BCUT2D eigenvalue weighted by atomic mass is 9.48. The van der Waals surface area contributed by atoms with Crippen molar-refractivity contribution >= 4 is 5.71 Å². The van der Waals surface area contributed by atoms with Crippen LogP contribution in [0.2, 0.25) is 0 Å². The van der Waals surface area contributed by atoms with Crippen LogP contribution in [0.15, 0.2) is 5.16 Å². The van der Waals surface area contributed by atoms with Gasteiger partial charge in [0.15, 0.2) is 0 Å². The lowest BCUT2D eigenvalue weighted by Crippen LogP contribution is -2.49. The van der Waals surface area contributed by atoms with E-state index < -0.39 is 0 Å². The summed E-state index contributed by atoms with van der Waals surface area (Å²) in [5.74, 6) is 3.00. The molecule has 0 atom stereocenters. The first-order chi connectivity index (χ1) is 7.22. The second-order valence-corrected chi connectivity index (χ2v) is 6.06. The average Bonchev–Trinajstić information content (AvgIpc) is 2.15. The molecule has 0 heterocycles. The van der Waals surface area contributed by atoms with Gasteiger partial charge in [0.25, 0.3) is 0 Å². The number of hydrogen-bond donors (Lipinski definition) is 0. The van der Waals surface area contributed by atoms with E-state index in [-0.39, 0.29) is 0 Å². The van der Waals surface area contributed by atoms with Crippen molar-refractivity contribution in [2.24, 2.45) is 28.3 Å². The Bertz CT molecular complexity index is 260. The predicted molar refractivity (Wildman–Crippen MR) is 60.7 cm³/mol. The third-order valence-electron chi connectivity index (χ3n) is 5.03. The molecule has 0 saturated heterocycles. The first-order valence-corrected chi connectivity index (χ1v) is 6.30. The van der Waals surface area contributed by atoms with Crippen molar-refractivity contribution in [3.63, 3.8) is 0 Å². The maximum atomic E-state index is 4.98. The van der Waals surface area contributed by atoms with Crippen LogP contribution in [-0.4, -0.2) is 12.8 Å². The van der Waals surface area contributed by atoms with Crippen LogP contribution in [-0.2, 0) is 4.84 Å². The van der Waals surface area contributed by atoms with Crippen molar-refractivity contribution in [3.8, 4) is 0 Å². The first-order valence-electron chi connectivity index (χ1n) is 6.30. The van der Waals surface area contributed by atoms with Gasteiger partial charge in [-0.25, -0.2) is 0 Å². The Morgan fingerprint density at radius 2 is 1.53 bits per heavy atom. The van der Waals surface area contributed by atoms with Gasteiger partial charge in [0.05, 0.1) is 5.71 Å². The summed E-state index contributed by atoms with van der Waals surface area (Å²) in [5, 5.41) is 4.23. The average molecular weight is 207 g/mol. The Kier molecular flexibility index (Phi) is 2.08. The Morgan fingerprint density at radius 3 is 1.93 bits per heavy atom. The van der Waals surface area contributed by atoms with Gasteiger partial charge in [0.1, 0.15) is 7.11 Å². The van der Waals surface area contributed by atoms with Crippen molar-refractivity contribution in [1.29, 1.82) is 0 Å². The first kappa shape index (κ1) is 9.68. The Balaban J connectivity index is 1.89. The van der Waals surface area contributed by atoms with E-state index in [1.807, 2.05) is 0 Å². The lowest BCUT2D eigenvalue weighted by molar-refractivity contribution is -0.0145. The quantitative estimate of drug-likeness (QED) is 0.503. The number of hydrogen-bond acceptors (Lipinski definition) is 2. The number of oxime groups is 1. The van der Waals surface area contributed by atoms with Crippen LogP contribution in [0.3, 0.4) is 0 Å². The molecule has 0 amide bonds. The fraction of sp³-hybridized carbons (Fsp3) is 0.923. The molecule has 2 nitrogen and oxygen atoms in total. The van der Waals surface area contributed by atoms with E-state index >= 15 is 0 Å². The van der Waals surface area contributed by atoms with Crippen LogP contribution < -0.4 is 0 Å². The van der Waals surface area contributed by atoms with Crippen LogP contribution in [0.1, 0.15) is 45.4 Å². The molecule has 2 heteroatoms. The third-order valence-corrected chi connectivity index (χ3v) is 5.03. The van der Waals surface area contributed by atoms with Gasteiger partial charge in [-0.3, -0.25) is 0 Å². The fourth-order valence-electron chi connectivity index (χ4n) is 4.79. The summed E-state index contributed by atoms with van der Waals surface area (Å²) in [7, 11) is 1.67. The summed E-state index contributed by atoms with van der Waals surface area (Å²) in [4.78, 5) is 4.98. The van der Waals surface area contributed by atoms with E-state index in [0.717, 1.165) is 17.8 Å². The molecule has 0 N–H and O–H groups in total. The molecule has 0 aromatic heterocycles. The molecule has 0 aliphatic heterocycles. The summed E-state index contributed by atoms with van der Waals surface area (Å²) >= 11 is 0. The highest BCUT2D eigenvalue weighted by atomic mass is 16.6. The maximum Gasteiger partial charge on any atom is 0.106 e. The van der Waals surface area contributed by atoms with Gasteiger partial charge in [0, 0.05) is 5.41 Å². The predicted octanol–water partition coefficient (Wildman–Crippen LogP) is 3.23. The SMILES string of the molecule is CO/N=C(\C)C12CC3CC(CC(C3)C1)C2. The minimum Gasteiger partial charge on any atom is -0.399 e. The number of rotatable bonds is 2. The van der Waals surface area contributed by atoms with Gasteiger partial charge in [-0.2, -0.15) is 0 Å². The Labute approximate surface area is 92.1 Å². The van der Waals surface area contributed by atoms with E-state index in [9.17, 15) is 0 Å². The second-order valence-electron chi connectivity index (χ2n) is 6.06. The van der Waals surface area contributed by atoms with Gasteiger partial charge in [-0.1, -0.05) is 5.16 Å². The lowest BCUT2D eigenvalue weighted by Gasteiger charge is -2.56. The summed E-state index contributed by atoms with van der Waals surface area (Å²) in [5.41, 5.74) is 1.70. The zero-order valence-corrected chi connectivity index (χ0v) is 9.83. The Morgan fingerprint density at radius 1 is 1.07 bits per heavy atom. The van der Waals surface area contributed by atoms with Gasteiger partial charge < -0.3 is 4.84 Å². The molecule has 4 saturated carbocycles. The third kappa shape index (κ3) is 1.41. The molecular weight excluding hydrogens is 186 g/mol. The fourth-order valence-corrected chi connectivity index (χ4v) is 4.79. The Hall–Kier alpha value is -0.530. The summed E-state index contributed by atoms with van der Waals surface area (Å²) < 4.78 is 0. The van der Waals surface area contributed by atoms with Crippen LogP contribution >= 0.6 is 0 Å². The molecule has 4 fully saturated rings. The van der Waals surface area contributed by atoms with E-state index in [2.05, 4.69) is 12.1 Å². The molecular formula is C13H21NO. The summed E-state index contributed by atoms with van der Waals surface area (Å²) in [6.45, 7) is 2.18. The molecule has 84 valence electrons. The molecule has 4 aliphatic rings. The molecule has 0 unspecified atom stereocenters. The van der Waals surface area contributed by atoms with Crippen LogP contribution in [0, 0.1) is 23.2 Å². The molecule has 4 aliphatic carbocycles. The van der Waals surface area contributed by atoms with Gasteiger partial charge >= 0.3 is 0 Å². The van der Waals surface area contributed by atoms with E-state index in [1.54, 1.807) is 7.11 Å². The topological polar surface area (TPSA) is 21.6 Å². The highest BCUT2D eigenvalue weighted by molar-refractivity contribution is 5.88. The monoisotopic (exact) mass is 207 g/mol. The zero-order valence-electron chi connectivity index (χ0n) is 9.83. The molecule has 0 aromatic carbocycles. The van der Waals surface area contributed by atoms with Crippen molar-refractivity contribution in [2.45, 2.75) is 45.4 Å². The second kappa shape index (κ2) is 3.23. The van der Waals surface area contributed by atoms with Crippen molar-refractivity contribution in [2.75, 3.05) is 7.11 Å². The highest BCUT2D eigenvalue weighted by Gasteiger charge is 2.52. The van der Waals surface area contributed by atoms with Crippen molar-refractivity contribution in [1.82, 2.24) is 0 Å². The molecule has 15 heavy (non-hydrogen) atoms. The van der Waals surface area contributed by atoms with Gasteiger partial charge in [-0.15, -0.1) is 0 Å². The van der Waals surface area contributed by atoms with Crippen LogP contribution in [0.25, 0.3) is 0 Å². The van der Waals surface area contributed by atoms with E-state index in [4.69, 9.17) is 4.84 Å². The smallest absolute Gasteiger partial charge is 0.106 e. The molecule has 0 spiro atoms. The number of nitrogens with zero attached hydrogens (tertiary/aromatic N) is 1. The van der Waals surface area contributed by atoms with Gasteiger partial charge in [-0.05, 0) is 63.2 Å². The standard InChI is InChI=1S/C13H21NO/c1-9(14-15-2)13-6-10-3-11(7-13)5-12(4-10)8-13/h10-12H,3-8H2,1-2H3/b14-9+. The van der Waals surface area contributed by atoms with Crippen LogP contribution in [0.5, 0.6) is 0 Å². The maximum absolute atomic E-state index is 4.98. The van der Waals surface area contributed by atoms with Crippen LogP contribution in [0.4, 0.5) is 0 Å². The summed E-state index contributed by atoms with van der Waals surface area (Å²) in [6.07, 6.45) is 8.66. The summed E-state index contributed by atoms with van der Waals surface area (Å²) in [6, 6.07) is 0. The van der Waals surface area contributed by atoms with E-state index in [0.29, 0.717) is 5.41 Å². The highest BCUT2D eigenvalue weighted by Crippen LogP contribution is 2.60. The van der Waals surface area contributed by atoms with Gasteiger partial charge in [0.2, 0.25) is 0 Å². The van der Waals surface area contributed by atoms with E-state index in [1.165, 1.54) is 44.2 Å². The molecule has 4 rings (SSSR count). The molecule has 4 bridgehead atoms. The normalized spacial score (nSPS) is 48.4. The van der Waals surface area contributed by atoms with Crippen molar-refractivity contribution < 1.29 is 4.84 Å². The largest absolute Gasteiger partial charge is 0.399 e. The van der Waals surface area contributed by atoms with Crippen molar-refractivity contribution in [3.05, 3.63) is 0 Å². The molecule has 0 radical (unpaired) electrons. The minimum atomic E-state index is 0.435. The molecule has 0 aromatic rings. The minimum absolute atomic E-state index is 0.435. The zero-order chi connectivity index (χ0) is 10.5.